The number of carbonyl (C=O) groups excluding carboxylic acids is 1. The monoisotopic (exact) mass is 583 g/mol. The molecule has 1 amide bonds. The minimum absolute atomic E-state index is 0.0451. The maximum absolute atomic E-state index is 14.1. The molecule has 1 unspecified atom stereocenters. The molecule has 6 nitrogen and oxygen atoms in total. The number of ether oxygens (including phenoxy) is 2. The number of methoxy groups -OCH3 is 1. The van der Waals surface area contributed by atoms with Gasteiger partial charge in [-0.05, 0) is 60.7 Å². The Kier molecular flexibility index (Phi) is 7.53. The first-order chi connectivity index (χ1) is 19.1. The van der Waals surface area contributed by atoms with Crippen molar-refractivity contribution in [3.8, 4) is 27.3 Å². The van der Waals surface area contributed by atoms with Crippen molar-refractivity contribution in [3.63, 3.8) is 0 Å². The van der Waals surface area contributed by atoms with Gasteiger partial charge in [-0.3, -0.25) is 10.1 Å². The van der Waals surface area contributed by atoms with Gasteiger partial charge in [0.15, 0.2) is 0 Å². The number of rotatable bonds is 8. The molecule has 206 valence electrons. The van der Waals surface area contributed by atoms with E-state index in [1.165, 1.54) is 24.3 Å². The van der Waals surface area contributed by atoms with E-state index in [9.17, 15) is 23.5 Å². The van der Waals surface area contributed by atoms with Crippen LogP contribution in [0.3, 0.4) is 0 Å². The molecule has 0 radical (unpaired) electrons. The fourth-order valence-corrected chi connectivity index (χ4v) is 5.83. The molecule has 10 heteroatoms. The first-order valence-electron chi connectivity index (χ1n) is 12.4. The molecule has 1 saturated carbocycles. The van der Waals surface area contributed by atoms with Crippen LogP contribution >= 0.6 is 22.9 Å². The fourth-order valence-electron chi connectivity index (χ4n) is 4.65. The summed E-state index contributed by atoms with van der Waals surface area (Å²) < 4.78 is 38.7. The number of aliphatic carboxylic acids is 1. The molecule has 0 bridgehead atoms. The number of carboxylic acid groups (broad SMARTS) is 1. The zero-order chi connectivity index (χ0) is 28.6. The van der Waals surface area contributed by atoms with Crippen LogP contribution < -0.4 is 10.1 Å². The standard InChI is InChI=1S/C30H24ClF2NO5S/c1-16(21-10-8-20(32)14-23(21)33)39-29(37)34-24-15-26(31)40-27(24)18-5-9-22(25(13-18)38-2)17-3-6-19(7-4-17)30(11-12-30)28(35)36/h3-10,13-16H,11-12H2,1-2H3,(H,34,37)(H,35,36). The van der Waals surface area contributed by atoms with Crippen LogP contribution in [0.15, 0.2) is 66.7 Å². The number of halogens is 3. The largest absolute Gasteiger partial charge is 0.496 e. The maximum atomic E-state index is 14.1. The van der Waals surface area contributed by atoms with Gasteiger partial charge in [0.05, 0.1) is 27.4 Å². The Morgan fingerprint density at radius 2 is 1.73 bits per heavy atom. The van der Waals surface area contributed by atoms with Gasteiger partial charge in [0.2, 0.25) is 0 Å². The van der Waals surface area contributed by atoms with Crippen LogP contribution in [-0.2, 0) is 14.9 Å². The van der Waals surface area contributed by atoms with E-state index < -0.39 is 35.2 Å². The minimum atomic E-state index is -0.964. The van der Waals surface area contributed by atoms with E-state index in [4.69, 9.17) is 21.1 Å². The zero-order valence-electron chi connectivity index (χ0n) is 21.5. The summed E-state index contributed by atoms with van der Waals surface area (Å²) in [6.07, 6.45) is -0.524. The highest BCUT2D eigenvalue weighted by atomic mass is 35.5. The number of thiophene rings is 1. The van der Waals surface area contributed by atoms with Crippen LogP contribution in [0.1, 0.15) is 37.0 Å². The second-order valence-electron chi connectivity index (χ2n) is 9.51. The molecule has 40 heavy (non-hydrogen) atoms. The molecular formula is C30H24ClF2NO5S. The molecule has 0 spiro atoms. The first kappa shape index (κ1) is 27.6. The van der Waals surface area contributed by atoms with Crippen molar-refractivity contribution in [3.05, 3.63) is 93.8 Å². The second kappa shape index (κ2) is 10.9. The quantitative estimate of drug-likeness (QED) is 0.217. The molecule has 4 aromatic rings. The van der Waals surface area contributed by atoms with Gasteiger partial charge in [-0.25, -0.2) is 13.6 Å². The predicted molar refractivity (Wildman–Crippen MR) is 150 cm³/mol. The fraction of sp³-hybridized carbons (Fsp3) is 0.200. The Balaban J connectivity index is 1.36. The van der Waals surface area contributed by atoms with Crippen molar-refractivity contribution in [1.29, 1.82) is 0 Å². The summed E-state index contributed by atoms with van der Waals surface area (Å²) in [6.45, 7) is 1.49. The van der Waals surface area contributed by atoms with E-state index in [0.29, 0.717) is 33.5 Å². The van der Waals surface area contributed by atoms with Crippen molar-refractivity contribution in [2.45, 2.75) is 31.3 Å². The Morgan fingerprint density at radius 3 is 2.35 bits per heavy atom. The average molecular weight is 584 g/mol. The Bertz CT molecular complexity index is 1600. The molecule has 0 aliphatic heterocycles. The number of carbonyl (C=O) groups is 2. The van der Waals surface area contributed by atoms with Crippen molar-refractivity contribution in [1.82, 2.24) is 0 Å². The molecular weight excluding hydrogens is 560 g/mol. The number of hydrogen-bond donors (Lipinski definition) is 2. The third-order valence-electron chi connectivity index (χ3n) is 6.99. The molecule has 1 fully saturated rings. The Morgan fingerprint density at radius 1 is 1.02 bits per heavy atom. The minimum Gasteiger partial charge on any atom is -0.496 e. The highest BCUT2D eigenvalue weighted by Gasteiger charge is 2.51. The highest BCUT2D eigenvalue weighted by Crippen LogP contribution is 2.49. The van der Waals surface area contributed by atoms with Crippen molar-refractivity contribution >= 4 is 40.7 Å². The third kappa shape index (κ3) is 5.39. The van der Waals surface area contributed by atoms with Gasteiger partial charge in [-0.15, -0.1) is 11.3 Å². The van der Waals surface area contributed by atoms with Gasteiger partial charge in [0, 0.05) is 17.2 Å². The van der Waals surface area contributed by atoms with Crippen LogP contribution in [0.25, 0.3) is 21.6 Å². The van der Waals surface area contributed by atoms with Crippen LogP contribution in [0.5, 0.6) is 5.75 Å². The summed E-state index contributed by atoms with van der Waals surface area (Å²) in [4.78, 5) is 25.0. The SMILES string of the molecule is COc1cc(-c2sc(Cl)cc2NC(=O)OC(C)c2ccc(F)cc2F)ccc1-c1ccc(C2(C(=O)O)CC2)cc1. The van der Waals surface area contributed by atoms with Crippen LogP contribution in [0.2, 0.25) is 4.34 Å². The molecule has 1 aliphatic rings. The number of hydrogen-bond acceptors (Lipinski definition) is 5. The smallest absolute Gasteiger partial charge is 0.412 e. The lowest BCUT2D eigenvalue weighted by Gasteiger charge is -2.16. The van der Waals surface area contributed by atoms with Crippen LogP contribution in [0.4, 0.5) is 19.3 Å². The molecule has 1 aliphatic carbocycles. The zero-order valence-corrected chi connectivity index (χ0v) is 23.0. The molecule has 2 N–H and O–H groups in total. The molecule has 3 aromatic carbocycles. The van der Waals surface area contributed by atoms with Gasteiger partial charge in [0.1, 0.15) is 23.5 Å². The van der Waals surface area contributed by atoms with E-state index in [1.807, 2.05) is 42.5 Å². The van der Waals surface area contributed by atoms with E-state index >= 15 is 0 Å². The van der Waals surface area contributed by atoms with Gasteiger partial charge in [-0.1, -0.05) is 48.0 Å². The summed E-state index contributed by atoms with van der Waals surface area (Å²) >= 11 is 7.53. The topological polar surface area (TPSA) is 84.9 Å². The van der Waals surface area contributed by atoms with Crippen molar-refractivity contribution < 1.29 is 33.0 Å². The van der Waals surface area contributed by atoms with Crippen molar-refractivity contribution in [2.24, 2.45) is 0 Å². The van der Waals surface area contributed by atoms with Gasteiger partial charge in [0.25, 0.3) is 0 Å². The van der Waals surface area contributed by atoms with Gasteiger partial charge < -0.3 is 14.6 Å². The summed E-state index contributed by atoms with van der Waals surface area (Å²) in [5.41, 5.74) is 2.85. The molecule has 5 rings (SSSR count). The normalized spacial score (nSPS) is 14.3. The number of carboxylic acids is 1. The molecule has 1 heterocycles. The first-order valence-corrected chi connectivity index (χ1v) is 13.6. The van der Waals surface area contributed by atoms with E-state index in [2.05, 4.69) is 5.32 Å². The second-order valence-corrected chi connectivity index (χ2v) is 11.2. The molecule has 1 aromatic heterocycles. The predicted octanol–water partition coefficient (Wildman–Crippen LogP) is 8.45. The lowest BCUT2D eigenvalue weighted by Crippen LogP contribution is -2.19. The average Bonchev–Trinajstić information content (AvgIpc) is 3.66. The van der Waals surface area contributed by atoms with E-state index in [0.717, 1.165) is 34.4 Å². The number of benzene rings is 3. The van der Waals surface area contributed by atoms with Gasteiger partial charge >= 0.3 is 12.1 Å². The third-order valence-corrected chi connectivity index (χ3v) is 8.31. The van der Waals surface area contributed by atoms with E-state index in [-0.39, 0.29) is 5.56 Å². The Labute approximate surface area is 238 Å². The maximum Gasteiger partial charge on any atom is 0.412 e. The molecule has 1 atom stereocenters. The van der Waals surface area contributed by atoms with Crippen LogP contribution in [-0.4, -0.2) is 24.3 Å². The lowest BCUT2D eigenvalue weighted by molar-refractivity contribution is -0.140. The summed E-state index contributed by atoms with van der Waals surface area (Å²) in [7, 11) is 1.55. The summed E-state index contributed by atoms with van der Waals surface area (Å²) in [6, 6.07) is 17.6. The van der Waals surface area contributed by atoms with E-state index in [1.54, 1.807) is 13.2 Å². The number of anilines is 1. The number of amides is 1. The Hall–Kier alpha value is -3.95. The highest BCUT2D eigenvalue weighted by molar-refractivity contribution is 7.20. The molecule has 0 saturated heterocycles. The van der Waals surface area contributed by atoms with Crippen LogP contribution in [0, 0.1) is 11.6 Å². The lowest BCUT2D eigenvalue weighted by atomic mass is 9.93. The number of nitrogens with one attached hydrogen (secondary N) is 1. The van der Waals surface area contributed by atoms with Crippen molar-refractivity contribution in [2.75, 3.05) is 12.4 Å². The van der Waals surface area contributed by atoms with Gasteiger partial charge in [-0.2, -0.15) is 0 Å². The summed E-state index contributed by atoms with van der Waals surface area (Å²) in [5.74, 6) is -1.76. The summed E-state index contributed by atoms with van der Waals surface area (Å²) in [5, 5.41) is 12.2.